The van der Waals surface area contributed by atoms with Crippen LogP contribution in [-0.2, 0) is 17.8 Å². The summed E-state index contributed by atoms with van der Waals surface area (Å²) >= 11 is 0. The van der Waals surface area contributed by atoms with Crippen molar-refractivity contribution in [1.29, 1.82) is 0 Å². The van der Waals surface area contributed by atoms with Crippen molar-refractivity contribution in [2.75, 3.05) is 0 Å². The Bertz CT molecular complexity index is 985. The predicted molar refractivity (Wildman–Crippen MR) is 155 cm³/mol. The van der Waals surface area contributed by atoms with Crippen LogP contribution in [0.25, 0.3) is 0 Å². The number of alkyl halides is 2. The number of ether oxygens (including phenoxy) is 1. The third kappa shape index (κ3) is 9.10. The Morgan fingerprint density at radius 3 is 1.90 bits per heavy atom. The minimum atomic E-state index is -3.35. The van der Waals surface area contributed by atoms with E-state index in [9.17, 15) is 13.2 Å². The molecule has 2 aromatic rings. The summed E-state index contributed by atoms with van der Waals surface area (Å²) < 4.78 is 49.1. The maximum Gasteiger partial charge on any atom is 0.360 e. The molecule has 0 spiro atoms. The van der Waals surface area contributed by atoms with Crippen LogP contribution in [0.3, 0.4) is 0 Å². The van der Waals surface area contributed by atoms with Gasteiger partial charge in [0.25, 0.3) is 0 Å². The molecule has 0 heterocycles. The van der Waals surface area contributed by atoms with Crippen LogP contribution in [-0.4, -0.2) is 6.11 Å². The second kappa shape index (κ2) is 14.7. The van der Waals surface area contributed by atoms with Crippen LogP contribution in [0, 0.1) is 17.7 Å². The zero-order chi connectivity index (χ0) is 27.7. The van der Waals surface area contributed by atoms with Crippen LogP contribution in [0.15, 0.2) is 42.5 Å². The first kappa shape index (κ1) is 30.2. The van der Waals surface area contributed by atoms with Crippen molar-refractivity contribution in [3.63, 3.8) is 0 Å². The molecular weight excluding hydrogens is 493 g/mol. The highest BCUT2D eigenvalue weighted by molar-refractivity contribution is 5.28. The van der Waals surface area contributed by atoms with Crippen LogP contribution in [0.4, 0.5) is 13.2 Å². The van der Waals surface area contributed by atoms with Gasteiger partial charge in [0.15, 0.2) is 0 Å². The molecule has 0 N–H and O–H groups in total. The van der Waals surface area contributed by atoms with Crippen molar-refractivity contribution in [3.05, 3.63) is 70.5 Å². The number of hydrogen-bond acceptors (Lipinski definition) is 1. The lowest BCUT2D eigenvalue weighted by molar-refractivity contribution is -0.244. The lowest BCUT2D eigenvalue weighted by atomic mass is 9.77. The Hall–Kier alpha value is -1.81. The van der Waals surface area contributed by atoms with Gasteiger partial charge < -0.3 is 4.74 Å². The van der Waals surface area contributed by atoms with E-state index < -0.39 is 25.0 Å². The summed E-state index contributed by atoms with van der Waals surface area (Å²) in [5, 5.41) is 0. The molecule has 1 nitrogen and oxygen atoms in total. The van der Waals surface area contributed by atoms with E-state index in [1.165, 1.54) is 82.6 Å². The molecule has 39 heavy (non-hydrogen) atoms. The Morgan fingerprint density at radius 2 is 1.31 bits per heavy atom. The lowest BCUT2D eigenvalue weighted by Crippen LogP contribution is -2.24. The number of benzene rings is 2. The van der Waals surface area contributed by atoms with Crippen LogP contribution < -0.4 is 0 Å². The zero-order valence-corrected chi connectivity index (χ0v) is 24.2. The average molecular weight is 543 g/mol. The maximum absolute atomic E-state index is 14.9. The van der Waals surface area contributed by atoms with Gasteiger partial charge in [-0.25, -0.2) is 4.39 Å². The van der Waals surface area contributed by atoms with Crippen molar-refractivity contribution < 1.29 is 17.9 Å². The molecule has 2 aliphatic carbocycles. The highest BCUT2D eigenvalue weighted by atomic mass is 19.3. The molecule has 4 heteroatoms. The Labute approximate surface area is 234 Å². The van der Waals surface area contributed by atoms with E-state index in [2.05, 4.69) is 13.8 Å². The maximum atomic E-state index is 14.9. The molecular formula is C35H49F3O. The molecule has 0 aliphatic heterocycles. The van der Waals surface area contributed by atoms with Crippen LogP contribution in [0.2, 0.25) is 0 Å². The van der Waals surface area contributed by atoms with Crippen molar-refractivity contribution in [2.24, 2.45) is 11.8 Å². The Kier molecular flexibility index (Phi) is 11.4. The van der Waals surface area contributed by atoms with E-state index in [0.29, 0.717) is 17.4 Å². The normalized spacial score (nSPS) is 24.1. The van der Waals surface area contributed by atoms with Crippen LogP contribution >= 0.6 is 0 Å². The SMILES string of the molecule is CCCCCC1CCC(c2ccc(COC(F)(F)Cc3ccc(C4CCC(CCC)CC4)cc3)c(F)c2)CC1. The van der Waals surface area contributed by atoms with Crippen LogP contribution in [0.5, 0.6) is 0 Å². The Balaban J connectivity index is 1.23. The van der Waals surface area contributed by atoms with E-state index in [4.69, 9.17) is 4.74 Å². The number of rotatable bonds is 13. The fourth-order valence-electron chi connectivity index (χ4n) is 6.97. The third-order valence-electron chi connectivity index (χ3n) is 9.45. The van der Waals surface area contributed by atoms with Crippen LogP contribution in [0.1, 0.15) is 138 Å². The predicted octanol–water partition coefficient (Wildman–Crippen LogP) is 11.1. The second-order valence-electron chi connectivity index (χ2n) is 12.4. The average Bonchev–Trinajstić information content (AvgIpc) is 2.94. The van der Waals surface area contributed by atoms with Gasteiger partial charge >= 0.3 is 6.11 Å². The van der Waals surface area contributed by atoms with Gasteiger partial charge in [-0.15, -0.1) is 0 Å². The number of hydrogen-bond donors (Lipinski definition) is 0. The molecule has 216 valence electrons. The minimum absolute atomic E-state index is 0.195. The molecule has 0 bridgehead atoms. The molecule has 2 aliphatic rings. The summed E-state index contributed by atoms with van der Waals surface area (Å²) in [5.74, 6) is 2.12. The molecule has 0 saturated heterocycles. The molecule has 0 atom stereocenters. The van der Waals surface area contributed by atoms with Crippen molar-refractivity contribution in [3.8, 4) is 0 Å². The summed E-state index contributed by atoms with van der Waals surface area (Å²) in [7, 11) is 0. The number of unbranched alkanes of at least 4 members (excludes halogenated alkanes) is 2. The van der Waals surface area contributed by atoms with Gasteiger partial charge in [-0.3, -0.25) is 0 Å². The molecule has 2 aromatic carbocycles. The molecule has 2 saturated carbocycles. The first-order valence-electron chi connectivity index (χ1n) is 15.8. The summed E-state index contributed by atoms with van der Waals surface area (Å²) in [6.45, 7) is 4.05. The monoisotopic (exact) mass is 542 g/mol. The van der Waals surface area contributed by atoms with Gasteiger partial charge in [0.2, 0.25) is 0 Å². The van der Waals surface area contributed by atoms with Gasteiger partial charge in [0.1, 0.15) is 5.82 Å². The summed E-state index contributed by atoms with van der Waals surface area (Å²) in [4.78, 5) is 0. The molecule has 4 rings (SSSR count). The summed E-state index contributed by atoms with van der Waals surface area (Å²) in [5.41, 5.74) is 2.99. The fraction of sp³-hybridized carbons (Fsp3) is 0.657. The van der Waals surface area contributed by atoms with Gasteiger partial charge in [-0.2, -0.15) is 8.78 Å². The van der Waals surface area contributed by atoms with E-state index in [0.717, 1.165) is 30.2 Å². The third-order valence-corrected chi connectivity index (χ3v) is 9.45. The Morgan fingerprint density at radius 1 is 0.718 bits per heavy atom. The molecule has 0 radical (unpaired) electrons. The standard InChI is InChI=1S/C35H49F3O/c1-3-5-6-8-27-11-17-31(18-12-27)32-21-22-33(34(36)23-32)25-39-35(37,38)24-28-13-19-30(20-14-28)29-15-9-26(7-4-2)10-16-29/h13-14,19-23,26-27,29,31H,3-12,15-18,24-25H2,1-2H3. The van der Waals surface area contributed by atoms with E-state index in [1.807, 2.05) is 18.2 Å². The first-order chi connectivity index (χ1) is 18.9. The lowest BCUT2D eigenvalue weighted by Gasteiger charge is -2.29. The largest absolute Gasteiger partial charge is 0.360 e. The molecule has 2 fully saturated rings. The van der Waals surface area contributed by atoms with E-state index in [-0.39, 0.29) is 5.56 Å². The van der Waals surface area contributed by atoms with Crippen molar-refractivity contribution >= 4 is 0 Å². The number of halogens is 3. The van der Waals surface area contributed by atoms with E-state index >= 15 is 0 Å². The van der Waals surface area contributed by atoms with Crippen molar-refractivity contribution in [2.45, 2.75) is 135 Å². The molecule has 0 amide bonds. The minimum Gasteiger partial charge on any atom is -0.315 e. The topological polar surface area (TPSA) is 9.23 Å². The van der Waals surface area contributed by atoms with Gasteiger partial charge in [-0.05, 0) is 97.8 Å². The fourth-order valence-corrected chi connectivity index (χ4v) is 6.97. The van der Waals surface area contributed by atoms with E-state index in [1.54, 1.807) is 24.3 Å². The van der Waals surface area contributed by atoms with Crippen molar-refractivity contribution in [1.82, 2.24) is 0 Å². The first-order valence-corrected chi connectivity index (χ1v) is 15.8. The second-order valence-corrected chi connectivity index (χ2v) is 12.4. The van der Waals surface area contributed by atoms with Gasteiger partial charge in [-0.1, -0.05) is 88.8 Å². The summed E-state index contributed by atoms with van der Waals surface area (Å²) in [6, 6.07) is 12.7. The van der Waals surface area contributed by atoms with Gasteiger partial charge in [0, 0.05) is 5.56 Å². The van der Waals surface area contributed by atoms with Gasteiger partial charge in [0.05, 0.1) is 13.0 Å². The smallest absolute Gasteiger partial charge is 0.315 e. The summed E-state index contributed by atoms with van der Waals surface area (Å²) in [6.07, 6.45) is 13.4. The highest BCUT2D eigenvalue weighted by Crippen LogP contribution is 2.39. The quantitative estimate of drug-likeness (QED) is 0.229. The highest BCUT2D eigenvalue weighted by Gasteiger charge is 2.31. The molecule has 0 unspecified atom stereocenters. The molecule has 0 aromatic heterocycles. The zero-order valence-electron chi connectivity index (χ0n) is 24.2.